The highest BCUT2D eigenvalue weighted by molar-refractivity contribution is 6.33. The first-order valence-electron chi connectivity index (χ1n) is 56.6. The number of carbonyl (C=O) groups is 4. The van der Waals surface area contributed by atoms with Crippen molar-refractivity contribution in [2.45, 2.75) is 367 Å². The van der Waals surface area contributed by atoms with Crippen LogP contribution in [0.3, 0.4) is 0 Å². The fourth-order valence-corrected chi connectivity index (χ4v) is 28.3. The smallest absolute Gasteiger partial charge is 0.317 e. The van der Waals surface area contributed by atoms with E-state index < -0.39 is 0 Å². The summed E-state index contributed by atoms with van der Waals surface area (Å²) in [7, 11) is 1.30. The van der Waals surface area contributed by atoms with E-state index in [1.165, 1.54) is 119 Å². The molecule has 6 amide bonds. The van der Waals surface area contributed by atoms with E-state index >= 15 is 0 Å². The van der Waals surface area contributed by atoms with Gasteiger partial charge in [-0.05, 0) is 275 Å². The molecule has 0 aromatic rings. The molecule has 0 radical (unpaired) electrons. The lowest BCUT2D eigenvalue weighted by Crippen LogP contribution is -2.63. The van der Waals surface area contributed by atoms with Crippen LogP contribution in [0.15, 0.2) is 0 Å². The Bertz CT molecular complexity index is 3140. The second-order valence-corrected chi connectivity index (χ2v) is 46.2. The van der Waals surface area contributed by atoms with Crippen molar-refractivity contribution in [3.63, 3.8) is 0 Å². The predicted molar refractivity (Wildman–Crippen MR) is 567 cm³/mol. The number of amides is 6. The molecule has 8 aliphatic rings. The van der Waals surface area contributed by atoms with Gasteiger partial charge in [0, 0.05) is 122 Å². The van der Waals surface area contributed by atoms with Gasteiger partial charge in [-0.2, -0.15) is 0 Å². The quantitative estimate of drug-likeness (QED) is 0.0154. The van der Waals surface area contributed by atoms with Crippen LogP contribution in [0.4, 0.5) is 9.59 Å². The van der Waals surface area contributed by atoms with Gasteiger partial charge in [-0.1, -0.05) is 151 Å². The summed E-state index contributed by atoms with van der Waals surface area (Å²) < 4.78 is 74.3. The number of halogens is 1. The number of fused-ring (bicyclic) bond motifs is 10. The first-order chi connectivity index (χ1) is 66.7. The Morgan fingerprint density at radius 1 is 0.384 bits per heavy atom. The van der Waals surface area contributed by atoms with Crippen molar-refractivity contribution in [2.75, 3.05) is 198 Å². The van der Waals surface area contributed by atoms with Gasteiger partial charge in [0.05, 0.1) is 129 Å². The van der Waals surface area contributed by atoms with Crippen LogP contribution in [0.25, 0.3) is 0 Å². The predicted octanol–water partition coefficient (Wildman–Crippen LogP) is 14.4. The van der Waals surface area contributed by atoms with Gasteiger partial charge in [-0.25, -0.2) is 9.59 Å². The maximum absolute atomic E-state index is 13.7. The molecule has 0 bridgehead atoms. The normalized spacial score (nSPS) is 29.0. The largest absolute Gasteiger partial charge is 0.378 e. The number of nitrogens with one attached hydrogen (secondary N) is 4. The third kappa shape index (κ3) is 40.5. The summed E-state index contributed by atoms with van der Waals surface area (Å²) in [5, 5.41) is 12.1. The number of hydrogen-bond acceptors (Lipinski definition) is 22. The highest BCUT2D eigenvalue weighted by Gasteiger charge is 2.69. The van der Waals surface area contributed by atoms with Gasteiger partial charge in [0.2, 0.25) is 11.8 Å². The summed E-state index contributed by atoms with van der Waals surface area (Å²) in [6.07, 6.45) is 44.6. The number of rotatable bonds is 77. The summed E-state index contributed by atoms with van der Waals surface area (Å²) in [5.41, 5.74) is 36.7. The molecular formula is C107H211ClN12O16Si2. The number of urea groups is 2. The van der Waals surface area contributed by atoms with E-state index in [2.05, 4.69) is 93.0 Å². The number of ether oxygens (including phenoxy) is 12. The second kappa shape index (κ2) is 72.0. The van der Waals surface area contributed by atoms with Gasteiger partial charge in [0.15, 0.2) is 0 Å². The fourth-order valence-electron chi connectivity index (χ4n) is 26.9. The molecule has 0 unspecified atom stereocenters. The monoisotopic (exact) mass is 2010 g/mol. The molecule has 8 rings (SSSR count). The maximum Gasteiger partial charge on any atom is 0.317 e. The van der Waals surface area contributed by atoms with E-state index in [0.29, 0.717) is 241 Å². The Morgan fingerprint density at radius 2 is 0.732 bits per heavy atom. The van der Waals surface area contributed by atoms with Crippen molar-refractivity contribution in [1.82, 2.24) is 31.1 Å². The zero-order valence-corrected chi connectivity index (χ0v) is 93.5. The van der Waals surface area contributed by atoms with Crippen LogP contribution in [0.1, 0.15) is 312 Å². The molecule has 22 atom stereocenters. The topological polar surface area (TPSA) is 390 Å². The molecule has 0 aliphatic heterocycles. The summed E-state index contributed by atoms with van der Waals surface area (Å²) >= 11 is 0. The molecule has 138 heavy (non-hydrogen) atoms. The molecule has 8 fully saturated rings. The SMILES string of the molecule is CCCCCCCCN(CCC[C@@H](C)[C@H]1CC[C@H]2[C@@H]3[C@H](OCN)C[C@@H]4C[C@H](OCCCN)CC[C@]4(C)[C@H]3C[C@H](OCCCN)[C@]12C)C(=O)NCCOCCOCCOCCNC(=O)CCCC[SiH2]C.CCCCCCCCN(CCC[C@@H](C)[C@H]1CC[C@H]2[C@@H]3[C@H](OCN)C[C@@H]4C[C@H](OCCCN)CC[C@]4(C)[C@H]3C[C@H](OCCCN)[C@]12C)C(=O)NCCOCCOCCOCCNC(=O)CCCC[SiH3].Cl. The molecule has 810 valence electrons. The standard InChI is InChI=1S/C54H106N6O8Si.C53H104N6O8Si.ClH/c1-6-7-8-9-10-12-27-60(52(62)59-26-32-64-34-36-65-35-33-63-31-25-58-50(61)18-11-13-37-69-5)28-14-17-42(2)45-19-20-46-51-47(40-49(54(45,46)4)67-30-16-24-56)53(3)22-21-44(66-29-15-23-55)38-43(53)39-48(51)68-41-57;1-5-6-7-8-9-11-26-59(51(61)58-25-31-63-33-35-64-34-32-62-30-24-57-49(60)17-10-12-36-68)27-13-16-41(2)44-18-19-45-50-46(39-48(53(44,45)4)66-29-15-23-55)52(3)21-20-43(65-28-14-22-54)37-42(52)38-47(50)67-40-56;/h42-49,51H,6-41,55-57,69H2,1-5H3,(H,58,61)(H,59,62);41-48,50H,5-40,54-56H2,1-4,68H3,(H,57,60)(H,58,61);1H/t42-,43+,44-,45-,46+,47+,48-,49+,51+,53+,54-;41-,42+,43-,44-,45+,46+,47-,48+,50+,52+,53-;/m11./s1. The van der Waals surface area contributed by atoms with Gasteiger partial charge >= 0.3 is 12.1 Å². The number of carbonyl (C=O) groups excluding carboxylic acids is 4. The molecule has 0 aromatic carbocycles. The van der Waals surface area contributed by atoms with Crippen LogP contribution < -0.4 is 55.7 Å². The zero-order chi connectivity index (χ0) is 98.8. The molecule has 0 spiro atoms. The first kappa shape index (κ1) is 124. The van der Waals surface area contributed by atoms with Crippen LogP contribution in [-0.4, -0.2) is 288 Å². The number of unbranched alkanes of at least 4 members (excludes halogenated alkanes) is 12. The van der Waals surface area contributed by atoms with Gasteiger partial charge in [0.1, 0.15) is 0 Å². The Morgan fingerprint density at radius 3 is 1.09 bits per heavy atom. The van der Waals surface area contributed by atoms with Crippen LogP contribution in [-0.2, 0) is 66.4 Å². The fraction of sp³-hybridized carbons (Fsp3) is 0.963. The lowest BCUT2D eigenvalue weighted by atomic mass is 9.43. The molecule has 0 heterocycles. The molecule has 0 aromatic heterocycles. The minimum absolute atomic E-state index is 0. The second-order valence-electron chi connectivity index (χ2n) is 43.4. The average Bonchev–Trinajstić information content (AvgIpc) is 1.47. The molecular weight excluding hydrogens is 1800 g/mol. The van der Waals surface area contributed by atoms with Crippen molar-refractivity contribution in [2.24, 2.45) is 127 Å². The highest BCUT2D eigenvalue weighted by atomic mass is 35.5. The van der Waals surface area contributed by atoms with Crippen molar-refractivity contribution in [3.05, 3.63) is 0 Å². The Balaban J connectivity index is 0.000000420. The average molecular weight is 2010 g/mol. The minimum Gasteiger partial charge on any atom is -0.378 e. The lowest BCUT2D eigenvalue weighted by molar-refractivity contribution is -0.227. The van der Waals surface area contributed by atoms with E-state index in [9.17, 15) is 19.2 Å². The van der Waals surface area contributed by atoms with Crippen molar-refractivity contribution in [1.29, 1.82) is 0 Å². The summed E-state index contributed by atoms with van der Waals surface area (Å²) in [4.78, 5) is 55.2. The van der Waals surface area contributed by atoms with Gasteiger partial charge in [0.25, 0.3) is 0 Å². The molecule has 28 nitrogen and oxygen atoms in total. The van der Waals surface area contributed by atoms with Crippen molar-refractivity contribution >= 4 is 56.0 Å². The number of nitrogens with two attached hydrogens (primary N) is 6. The third-order valence-electron chi connectivity index (χ3n) is 34.5. The Kier molecular flexibility index (Phi) is 64.7. The number of nitrogens with zero attached hydrogens (tertiary/aromatic N) is 2. The van der Waals surface area contributed by atoms with Gasteiger partial charge in [-0.3, -0.25) is 9.59 Å². The zero-order valence-electron chi connectivity index (χ0n) is 89.3. The van der Waals surface area contributed by atoms with E-state index in [1.54, 1.807) is 0 Å². The molecule has 0 saturated heterocycles. The molecule has 8 aliphatic carbocycles. The Labute approximate surface area is 850 Å². The number of hydrogen-bond donors (Lipinski definition) is 10. The summed E-state index contributed by atoms with van der Waals surface area (Å²) in [6, 6.07) is 2.58. The summed E-state index contributed by atoms with van der Waals surface area (Å²) in [6.45, 7) is 38.8. The Hall–Kier alpha value is -2.52. The van der Waals surface area contributed by atoms with Crippen molar-refractivity contribution < 1.29 is 76.0 Å². The van der Waals surface area contributed by atoms with Gasteiger partial charge in [-0.15, -0.1) is 12.4 Å². The van der Waals surface area contributed by atoms with E-state index in [4.69, 9.17) is 91.2 Å². The molecule has 8 saturated carbocycles. The van der Waals surface area contributed by atoms with E-state index in [-0.39, 0.29) is 105 Å². The van der Waals surface area contributed by atoms with Crippen LogP contribution in [0, 0.1) is 92.7 Å². The first-order valence-corrected chi connectivity index (χ1v) is 60.4. The van der Waals surface area contributed by atoms with Crippen molar-refractivity contribution in [3.8, 4) is 0 Å². The van der Waals surface area contributed by atoms with Gasteiger partial charge < -0.3 is 122 Å². The van der Waals surface area contributed by atoms with E-state index in [1.807, 2.05) is 0 Å². The maximum atomic E-state index is 13.7. The molecule has 31 heteroatoms. The van der Waals surface area contributed by atoms with E-state index in [0.717, 1.165) is 187 Å². The highest BCUT2D eigenvalue weighted by Crippen LogP contribution is 2.72. The van der Waals surface area contributed by atoms with Crippen LogP contribution in [0.2, 0.25) is 18.6 Å². The third-order valence-corrected chi connectivity index (χ3v) is 36.4. The summed E-state index contributed by atoms with van der Waals surface area (Å²) in [5.74, 6) is 6.37. The molecule has 16 N–H and O–H groups in total. The minimum atomic E-state index is 0. The lowest BCUT2D eigenvalue weighted by Gasteiger charge is -2.64. The van der Waals surface area contributed by atoms with Crippen LogP contribution >= 0.6 is 12.4 Å². The van der Waals surface area contributed by atoms with Crippen LogP contribution in [0.5, 0.6) is 0 Å².